The maximum Gasteiger partial charge on any atom is 0.140 e. The predicted octanol–water partition coefficient (Wildman–Crippen LogP) is 3.07. The van der Waals surface area contributed by atoms with Gasteiger partial charge in [-0.15, -0.1) is 0 Å². The lowest BCUT2D eigenvalue weighted by atomic mass is 9.94. The molecule has 0 bridgehead atoms. The van der Waals surface area contributed by atoms with E-state index in [2.05, 4.69) is 0 Å². The van der Waals surface area contributed by atoms with Crippen molar-refractivity contribution in [1.82, 2.24) is 0 Å². The summed E-state index contributed by atoms with van der Waals surface area (Å²) in [6.45, 7) is 3.93. The van der Waals surface area contributed by atoms with Crippen molar-refractivity contribution in [2.45, 2.75) is 32.8 Å². The van der Waals surface area contributed by atoms with Crippen LogP contribution in [0.25, 0.3) is 0 Å². The number of Topliss-reactive ketones (excluding diaryl/α,β-unsaturated/α-hetero) is 1. The van der Waals surface area contributed by atoms with Crippen molar-refractivity contribution in [3.8, 4) is 5.75 Å². The monoisotopic (exact) mass is 224 g/mol. The van der Waals surface area contributed by atoms with Crippen molar-refractivity contribution in [2.75, 3.05) is 0 Å². The average Bonchev–Trinajstić information content (AvgIpc) is 2.07. The summed E-state index contributed by atoms with van der Waals surface area (Å²) in [5.74, 6) is 1.15. The van der Waals surface area contributed by atoms with E-state index in [-0.39, 0.29) is 11.9 Å². The summed E-state index contributed by atoms with van der Waals surface area (Å²) >= 11 is 5.92. The van der Waals surface area contributed by atoms with Crippen LogP contribution in [0.5, 0.6) is 5.75 Å². The molecule has 1 aromatic carbocycles. The lowest BCUT2D eigenvalue weighted by Gasteiger charge is -2.27. The van der Waals surface area contributed by atoms with Gasteiger partial charge in [0.15, 0.2) is 0 Å². The minimum Gasteiger partial charge on any atom is -0.489 e. The zero-order chi connectivity index (χ0) is 11.0. The SMILES string of the molecule is Cc1cc(Cl)cc(C)c1OC1CC(=O)C1. The Kier molecular flexibility index (Phi) is 2.70. The first-order valence-electron chi connectivity index (χ1n) is 5.01. The van der Waals surface area contributed by atoms with Crippen LogP contribution < -0.4 is 4.74 Å². The quantitative estimate of drug-likeness (QED) is 0.772. The van der Waals surface area contributed by atoms with Gasteiger partial charge in [-0.2, -0.15) is 0 Å². The topological polar surface area (TPSA) is 26.3 Å². The summed E-state index contributed by atoms with van der Waals surface area (Å²) in [4.78, 5) is 10.8. The molecular formula is C12H13ClO2. The fraction of sp³-hybridized carbons (Fsp3) is 0.417. The second kappa shape index (κ2) is 3.86. The Labute approximate surface area is 94.2 Å². The third-order valence-corrected chi connectivity index (χ3v) is 2.84. The number of hydrogen-bond acceptors (Lipinski definition) is 2. The van der Waals surface area contributed by atoms with Crippen LogP contribution in [-0.2, 0) is 4.79 Å². The largest absolute Gasteiger partial charge is 0.489 e. The Morgan fingerprint density at radius 1 is 1.27 bits per heavy atom. The molecule has 0 heterocycles. The van der Waals surface area contributed by atoms with Gasteiger partial charge in [-0.3, -0.25) is 4.79 Å². The molecule has 15 heavy (non-hydrogen) atoms. The highest BCUT2D eigenvalue weighted by atomic mass is 35.5. The van der Waals surface area contributed by atoms with Crippen molar-refractivity contribution in [3.63, 3.8) is 0 Å². The van der Waals surface area contributed by atoms with Crippen molar-refractivity contribution in [3.05, 3.63) is 28.3 Å². The Hall–Kier alpha value is -1.02. The number of rotatable bonds is 2. The Bertz CT molecular complexity index is 381. The molecule has 1 aliphatic carbocycles. The molecule has 0 N–H and O–H groups in total. The van der Waals surface area contributed by atoms with Crippen LogP contribution in [-0.4, -0.2) is 11.9 Å². The van der Waals surface area contributed by atoms with Crippen LogP contribution in [0.1, 0.15) is 24.0 Å². The molecule has 0 spiro atoms. The van der Waals surface area contributed by atoms with E-state index in [0.717, 1.165) is 21.9 Å². The van der Waals surface area contributed by atoms with E-state index in [0.29, 0.717) is 12.8 Å². The normalized spacial score (nSPS) is 16.3. The number of halogens is 1. The summed E-state index contributed by atoms with van der Waals surface area (Å²) in [5.41, 5.74) is 2.05. The van der Waals surface area contributed by atoms with Gasteiger partial charge in [0.1, 0.15) is 17.6 Å². The maximum atomic E-state index is 10.8. The summed E-state index contributed by atoms with van der Waals surface area (Å²) in [6, 6.07) is 3.76. The van der Waals surface area contributed by atoms with E-state index in [1.165, 1.54) is 0 Å². The molecule has 1 aromatic rings. The zero-order valence-electron chi connectivity index (χ0n) is 8.84. The van der Waals surface area contributed by atoms with Gasteiger partial charge < -0.3 is 4.74 Å². The van der Waals surface area contributed by atoms with Crippen molar-refractivity contribution < 1.29 is 9.53 Å². The van der Waals surface area contributed by atoms with Gasteiger partial charge in [0, 0.05) is 17.9 Å². The molecule has 2 rings (SSSR count). The van der Waals surface area contributed by atoms with Crippen LogP contribution in [0, 0.1) is 13.8 Å². The maximum absolute atomic E-state index is 10.8. The molecule has 0 aromatic heterocycles. The smallest absolute Gasteiger partial charge is 0.140 e. The first-order chi connectivity index (χ1) is 7.06. The second-order valence-corrected chi connectivity index (χ2v) is 4.49. The average molecular weight is 225 g/mol. The molecule has 3 heteroatoms. The van der Waals surface area contributed by atoms with Crippen LogP contribution in [0.3, 0.4) is 0 Å². The van der Waals surface area contributed by atoms with Crippen LogP contribution in [0.15, 0.2) is 12.1 Å². The van der Waals surface area contributed by atoms with Gasteiger partial charge in [-0.1, -0.05) is 11.6 Å². The molecule has 1 saturated carbocycles. The molecule has 0 radical (unpaired) electrons. The summed E-state index contributed by atoms with van der Waals surface area (Å²) in [7, 11) is 0. The number of ketones is 1. The van der Waals surface area contributed by atoms with Gasteiger partial charge >= 0.3 is 0 Å². The number of carbonyl (C=O) groups excluding carboxylic acids is 1. The summed E-state index contributed by atoms with van der Waals surface area (Å²) in [6.07, 6.45) is 1.15. The van der Waals surface area contributed by atoms with Gasteiger partial charge in [-0.25, -0.2) is 0 Å². The first kappa shape index (κ1) is 10.5. The molecule has 0 amide bonds. The highest BCUT2D eigenvalue weighted by Crippen LogP contribution is 2.30. The van der Waals surface area contributed by atoms with E-state index in [9.17, 15) is 4.79 Å². The second-order valence-electron chi connectivity index (χ2n) is 4.06. The standard InChI is InChI=1S/C12H13ClO2/c1-7-3-9(13)4-8(2)12(7)15-11-5-10(14)6-11/h3-4,11H,5-6H2,1-2H3. The lowest BCUT2D eigenvalue weighted by molar-refractivity contribution is -0.129. The van der Waals surface area contributed by atoms with Crippen LogP contribution in [0.2, 0.25) is 5.02 Å². The third kappa shape index (κ3) is 2.15. The molecule has 0 atom stereocenters. The van der Waals surface area contributed by atoms with E-state index in [4.69, 9.17) is 16.3 Å². The number of carbonyl (C=O) groups is 1. The van der Waals surface area contributed by atoms with Gasteiger partial charge in [0.05, 0.1) is 0 Å². The van der Waals surface area contributed by atoms with E-state index >= 15 is 0 Å². The molecule has 2 nitrogen and oxygen atoms in total. The van der Waals surface area contributed by atoms with Crippen molar-refractivity contribution >= 4 is 17.4 Å². The van der Waals surface area contributed by atoms with E-state index < -0.39 is 0 Å². The van der Waals surface area contributed by atoms with Crippen molar-refractivity contribution in [1.29, 1.82) is 0 Å². The number of aryl methyl sites for hydroxylation is 2. The predicted molar refractivity (Wildman–Crippen MR) is 59.6 cm³/mol. The third-order valence-electron chi connectivity index (χ3n) is 2.62. The highest BCUT2D eigenvalue weighted by molar-refractivity contribution is 6.30. The van der Waals surface area contributed by atoms with E-state index in [1.54, 1.807) is 0 Å². The van der Waals surface area contributed by atoms with Gasteiger partial charge in [0.25, 0.3) is 0 Å². The minimum absolute atomic E-state index is 0.0658. The fourth-order valence-corrected chi connectivity index (χ4v) is 2.11. The molecule has 1 fully saturated rings. The molecule has 0 saturated heterocycles. The minimum atomic E-state index is 0.0658. The molecule has 1 aliphatic rings. The van der Waals surface area contributed by atoms with Crippen molar-refractivity contribution in [2.24, 2.45) is 0 Å². The fourth-order valence-electron chi connectivity index (χ4n) is 1.78. The Balaban J connectivity index is 2.17. The Morgan fingerprint density at radius 3 is 2.27 bits per heavy atom. The van der Waals surface area contributed by atoms with Crippen LogP contribution >= 0.6 is 11.6 Å². The molecule has 0 aliphatic heterocycles. The summed E-state index contributed by atoms with van der Waals surface area (Å²) in [5, 5.41) is 0.724. The first-order valence-corrected chi connectivity index (χ1v) is 5.39. The van der Waals surface area contributed by atoms with Gasteiger partial charge in [-0.05, 0) is 37.1 Å². The number of hydrogen-bond donors (Lipinski definition) is 0. The molecule has 80 valence electrons. The lowest BCUT2D eigenvalue weighted by Crippen LogP contribution is -2.34. The number of ether oxygens (including phenoxy) is 1. The highest BCUT2D eigenvalue weighted by Gasteiger charge is 2.29. The van der Waals surface area contributed by atoms with Gasteiger partial charge in [0.2, 0.25) is 0 Å². The number of benzene rings is 1. The molecular weight excluding hydrogens is 212 g/mol. The Morgan fingerprint density at radius 2 is 1.80 bits per heavy atom. The van der Waals surface area contributed by atoms with E-state index in [1.807, 2.05) is 26.0 Å². The zero-order valence-corrected chi connectivity index (χ0v) is 9.60. The van der Waals surface area contributed by atoms with Crippen LogP contribution in [0.4, 0.5) is 0 Å². The molecule has 0 unspecified atom stereocenters. The summed E-state index contributed by atoms with van der Waals surface area (Å²) < 4.78 is 5.76.